The Morgan fingerprint density at radius 3 is 2.49 bits per heavy atom. The number of esters is 1. The lowest BCUT2D eigenvalue weighted by molar-refractivity contribution is -0.148. The van der Waals surface area contributed by atoms with Gasteiger partial charge in [0.1, 0.15) is 11.6 Å². The molecule has 0 bridgehead atoms. The summed E-state index contributed by atoms with van der Waals surface area (Å²) in [5.74, 6) is -1.20. The molecule has 0 saturated carbocycles. The minimum Gasteiger partial charge on any atom is -0.494 e. The summed E-state index contributed by atoms with van der Waals surface area (Å²) < 4.78 is 10.5. The van der Waals surface area contributed by atoms with E-state index in [1.54, 1.807) is 31.2 Å². The number of aromatic nitrogens is 2. The molecule has 1 fully saturated rings. The lowest BCUT2D eigenvalue weighted by Crippen LogP contribution is -2.41. The third-order valence-corrected chi connectivity index (χ3v) is 6.10. The number of anilines is 3. The van der Waals surface area contributed by atoms with Crippen LogP contribution in [0.15, 0.2) is 29.1 Å². The number of nitrogens with zero attached hydrogens (tertiary/aromatic N) is 2. The molecule has 0 unspecified atom stereocenters. The van der Waals surface area contributed by atoms with Crippen LogP contribution < -0.4 is 25.8 Å². The fraction of sp³-hybridized carbons (Fsp3) is 0.458. The number of H-pyrrole nitrogens is 1. The van der Waals surface area contributed by atoms with E-state index in [2.05, 4.69) is 20.6 Å². The SMILES string of the molecule is CCOC(=O)C1CCN(c2nc3c(c(=O)[nH]2)[C@@H](C(=O)Nc2ccc(OCC)cc2)CC(=O)N3)CC1. The van der Waals surface area contributed by atoms with Crippen molar-refractivity contribution in [2.24, 2.45) is 5.92 Å². The summed E-state index contributed by atoms with van der Waals surface area (Å²) in [5.41, 5.74) is 0.166. The lowest BCUT2D eigenvalue weighted by atomic mass is 9.92. The van der Waals surface area contributed by atoms with Gasteiger partial charge in [-0.1, -0.05) is 0 Å². The number of hydrogen-bond acceptors (Lipinski definition) is 8. The largest absolute Gasteiger partial charge is 0.494 e. The number of ether oxygens (including phenoxy) is 2. The Kier molecular flexibility index (Phi) is 7.33. The second kappa shape index (κ2) is 10.6. The Morgan fingerprint density at radius 2 is 1.83 bits per heavy atom. The first-order chi connectivity index (χ1) is 16.9. The van der Waals surface area contributed by atoms with Crippen molar-refractivity contribution in [3.05, 3.63) is 40.2 Å². The number of carbonyl (C=O) groups is 3. The van der Waals surface area contributed by atoms with Crippen LogP contribution in [0.2, 0.25) is 0 Å². The molecule has 0 aliphatic carbocycles. The topological polar surface area (TPSA) is 143 Å². The highest BCUT2D eigenvalue weighted by Crippen LogP contribution is 2.31. The molecule has 186 valence electrons. The number of aromatic amines is 1. The van der Waals surface area contributed by atoms with Crippen LogP contribution in [0.4, 0.5) is 17.5 Å². The van der Waals surface area contributed by atoms with Gasteiger partial charge >= 0.3 is 5.97 Å². The van der Waals surface area contributed by atoms with E-state index in [4.69, 9.17) is 9.47 Å². The molecule has 2 amide bonds. The molecule has 11 heteroatoms. The maximum Gasteiger partial charge on any atom is 0.309 e. The Balaban J connectivity index is 1.50. The molecule has 2 aliphatic rings. The fourth-order valence-electron chi connectivity index (χ4n) is 4.35. The average Bonchev–Trinajstić information content (AvgIpc) is 2.85. The second-order valence-corrected chi connectivity index (χ2v) is 8.42. The van der Waals surface area contributed by atoms with Crippen LogP contribution in [-0.4, -0.2) is 54.1 Å². The number of benzene rings is 1. The summed E-state index contributed by atoms with van der Waals surface area (Å²) in [5, 5.41) is 5.39. The second-order valence-electron chi connectivity index (χ2n) is 8.42. The monoisotopic (exact) mass is 483 g/mol. The first-order valence-corrected chi connectivity index (χ1v) is 11.8. The molecule has 35 heavy (non-hydrogen) atoms. The van der Waals surface area contributed by atoms with Gasteiger partial charge in [0.15, 0.2) is 0 Å². The standard InChI is InChI=1S/C24H29N5O6/c1-3-34-16-7-5-15(6-8-16)25-21(31)17-13-18(30)26-20-19(17)22(32)28-24(27-20)29-11-9-14(10-12-29)23(33)35-4-2/h5-8,14,17H,3-4,9-13H2,1-2H3,(H,25,31)(H2,26,27,28,30,32)/t17-/m0/s1. The maximum absolute atomic E-state index is 13.0. The summed E-state index contributed by atoms with van der Waals surface area (Å²) in [6.45, 7) is 5.52. The molecule has 3 heterocycles. The van der Waals surface area contributed by atoms with Crippen molar-refractivity contribution in [3.63, 3.8) is 0 Å². The van der Waals surface area contributed by atoms with Gasteiger partial charge in [-0.15, -0.1) is 0 Å². The van der Waals surface area contributed by atoms with E-state index in [1.807, 2.05) is 11.8 Å². The van der Waals surface area contributed by atoms with Crippen molar-refractivity contribution in [2.75, 3.05) is 41.8 Å². The van der Waals surface area contributed by atoms with Crippen LogP contribution in [0, 0.1) is 5.92 Å². The van der Waals surface area contributed by atoms with E-state index in [1.165, 1.54) is 0 Å². The van der Waals surface area contributed by atoms with E-state index in [0.29, 0.717) is 56.5 Å². The van der Waals surface area contributed by atoms with Gasteiger partial charge in [0.05, 0.1) is 30.6 Å². The Bertz CT molecular complexity index is 1150. The predicted octanol–water partition coefficient (Wildman–Crippen LogP) is 2.01. The Hall–Kier alpha value is -3.89. The average molecular weight is 484 g/mol. The Labute approximate surface area is 202 Å². The minimum absolute atomic E-state index is 0.0827. The molecular weight excluding hydrogens is 454 g/mol. The van der Waals surface area contributed by atoms with Gasteiger partial charge < -0.3 is 25.0 Å². The predicted molar refractivity (Wildman–Crippen MR) is 129 cm³/mol. The highest BCUT2D eigenvalue weighted by atomic mass is 16.5. The molecule has 3 N–H and O–H groups in total. The van der Waals surface area contributed by atoms with E-state index >= 15 is 0 Å². The minimum atomic E-state index is -0.981. The molecule has 4 rings (SSSR count). The zero-order chi connectivity index (χ0) is 24.9. The van der Waals surface area contributed by atoms with Crippen molar-refractivity contribution < 1.29 is 23.9 Å². The van der Waals surface area contributed by atoms with Crippen molar-refractivity contribution in [2.45, 2.75) is 39.0 Å². The van der Waals surface area contributed by atoms with Crippen molar-refractivity contribution in [1.29, 1.82) is 0 Å². The van der Waals surface area contributed by atoms with E-state index < -0.39 is 23.3 Å². The molecule has 2 aliphatic heterocycles. The zero-order valence-corrected chi connectivity index (χ0v) is 19.8. The number of fused-ring (bicyclic) bond motifs is 1. The van der Waals surface area contributed by atoms with Gasteiger partial charge in [-0.05, 0) is 51.0 Å². The smallest absolute Gasteiger partial charge is 0.309 e. The fourth-order valence-corrected chi connectivity index (χ4v) is 4.35. The molecule has 1 saturated heterocycles. The molecule has 1 atom stereocenters. The molecule has 2 aromatic rings. The quantitative estimate of drug-likeness (QED) is 0.508. The van der Waals surface area contributed by atoms with Gasteiger partial charge in [-0.2, -0.15) is 4.98 Å². The van der Waals surface area contributed by atoms with Crippen LogP contribution in [0.5, 0.6) is 5.75 Å². The van der Waals surface area contributed by atoms with Gasteiger partial charge in [0.2, 0.25) is 17.8 Å². The molecule has 11 nitrogen and oxygen atoms in total. The first kappa shape index (κ1) is 24.2. The van der Waals surface area contributed by atoms with Gasteiger partial charge in [0.25, 0.3) is 5.56 Å². The highest BCUT2D eigenvalue weighted by Gasteiger charge is 2.36. The van der Waals surface area contributed by atoms with E-state index in [-0.39, 0.29) is 29.7 Å². The number of carbonyl (C=O) groups excluding carboxylic acids is 3. The van der Waals surface area contributed by atoms with Gasteiger partial charge in [0, 0.05) is 25.2 Å². The number of nitrogens with one attached hydrogen (secondary N) is 3. The molecular formula is C24H29N5O6. The summed E-state index contributed by atoms with van der Waals surface area (Å²) >= 11 is 0. The summed E-state index contributed by atoms with van der Waals surface area (Å²) in [6.07, 6.45) is 0.975. The van der Waals surface area contributed by atoms with Crippen LogP contribution in [-0.2, 0) is 19.1 Å². The van der Waals surface area contributed by atoms with E-state index in [9.17, 15) is 19.2 Å². The van der Waals surface area contributed by atoms with Crippen molar-refractivity contribution in [1.82, 2.24) is 9.97 Å². The molecule has 1 aromatic carbocycles. The van der Waals surface area contributed by atoms with Crippen LogP contribution in [0.3, 0.4) is 0 Å². The van der Waals surface area contributed by atoms with Crippen molar-refractivity contribution >= 4 is 35.2 Å². The molecule has 0 spiro atoms. The number of piperidine rings is 1. The van der Waals surface area contributed by atoms with Crippen molar-refractivity contribution in [3.8, 4) is 5.75 Å². The van der Waals surface area contributed by atoms with Crippen LogP contribution >= 0.6 is 0 Å². The third-order valence-electron chi connectivity index (χ3n) is 6.10. The zero-order valence-electron chi connectivity index (χ0n) is 19.8. The number of hydrogen-bond donors (Lipinski definition) is 3. The summed E-state index contributed by atoms with van der Waals surface area (Å²) in [4.78, 5) is 59.5. The van der Waals surface area contributed by atoms with Gasteiger partial charge in [-0.3, -0.25) is 24.2 Å². The van der Waals surface area contributed by atoms with Gasteiger partial charge in [-0.25, -0.2) is 0 Å². The Morgan fingerprint density at radius 1 is 1.11 bits per heavy atom. The number of rotatable bonds is 7. The summed E-state index contributed by atoms with van der Waals surface area (Å²) in [6, 6.07) is 6.84. The van der Waals surface area contributed by atoms with Crippen LogP contribution in [0.25, 0.3) is 0 Å². The summed E-state index contributed by atoms with van der Waals surface area (Å²) in [7, 11) is 0. The molecule has 1 aromatic heterocycles. The highest BCUT2D eigenvalue weighted by molar-refractivity contribution is 6.04. The van der Waals surface area contributed by atoms with E-state index in [0.717, 1.165) is 0 Å². The molecule has 0 radical (unpaired) electrons. The number of amides is 2. The maximum atomic E-state index is 13.0. The normalized spacial score (nSPS) is 17.8. The first-order valence-electron chi connectivity index (χ1n) is 11.8. The van der Waals surface area contributed by atoms with Crippen LogP contribution in [0.1, 0.15) is 44.6 Å². The third kappa shape index (κ3) is 5.44. The lowest BCUT2D eigenvalue weighted by Gasteiger charge is -2.32.